The Kier molecular flexibility index (Phi) is 1.08. The first-order valence-corrected chi connectivity index (χ1v) is 4.54. The lowest BCUT2D eigenvalue weighted by Gasteiger charge is -2.40. The molecule has 0 atom stereocenters. The first-order valence-electron chi connectivity index (χ1n) is 4.54. The molecule has 2 nitrogen and oxygen atoms in total. The van der Waals surface area contributed by atoms with Crippen LogP contribution in [0.15, 0.2) is 24.4 Å². The fourth-order valence-electron chi connectivity index (χ4n) is 1.96. The molecule has 1 spiro atoms. The summed E-state index contributed by atoms with van der Waals surface area (Å²) in [6, 6.07) is 6.12. The van der Waals surface area contributed by atoms with Crippen LogP contribution < -0.4 is 4.90 Å². The maximum absolute atomic E-state index is 4.32. The number of pyridine rings is 1. The van der Waals surface area contributed by atoms with Crippen molar-refractivity contribution in [2.75, 3.05) is 18.0 Å². The monoisotopic (exact) mass is 160 g/mol. The fourth-order valence-corrected chi connectivity index (χ4v) is 1.96. The highest BCUT2D eigenvalue weighted by molar-refractivity contribution is 5.44. The van der Waals surface area contributed by atoms with E-state index in [-0.39, 0.29) is 0 Å². The van der Waals surface area contributed by atoms with Crippen molar-refractivity contribution in [2.24, 2.45) is 5.41 Å². The molecule has 1 aliphatic heterocycles. The van der Waals surface area contributed by atoms with E-state index < -0.39 is 0 Å². The molecule has 62 valence electrons. The maximum atomic E-state index is 4.32. The number of nitrogens with zero attached hydrogens (tertiary/aromatic N) is 2. The summed E-state index contributed by atoms with van der Waals surface area (Å²) in [5, 5.41) is 0. The van der Waals surface area contributed by atoms with E-state index in [2.05, 4.69) is 22.0 Å². The second-order valence-corrected chi connectivity index (χ2v) is 4.04. The Bertz CT molecular complexity index is 282. The molecule has 2 fully saturated rings. The molecule has 0 aromatic carbocycles. The molecule has 12 heavy (non-hydrogen) atoms. The van der Waals surface area contributed by atoms with Crippen LogP contribution in [0.3, 0.4) is 0 Å². The summed E-state index contributed by atoms with van der Waals surface area (Å²) in [5.41, 5.74) is 0.734. The highest BCUT2D eigenvalue weighted by Gasteiger charge is 2.52. The van der Waals surface area contributed by atoms with Gasteiger partial charge in [0.2, 0.25) is 0 Å². The summed E-state index contributed by atoms with van der Waals surface area (Å²) >= 11 is 0. The number of anilines is 1. The topological polar surface area (TPSA) is 16.1 Å². The average Bonchev–Trinajstić information content (AvgIpc) is 2.82. The standard InChI is InChI=1S/C10H12N2/c1-2-6-11-9(3-1)12-7-10(8-12)4-5-10/h1-3,6H,4-5,7-8H2. The molecule has 2 heteroatoms. The maximum Gasteiger partial charge on any atom is 0.128 e. The number of aromatic nitrogens is 1. The van der Waals surface area contributed by atoms with Crippen LogP contribution >= 0.6 is 0 Å². The van der Waals surface area contributed by atoms with E-state index in [1.807, 2.05) is 12.3 Å². The van der Waals surface area contributed by atoms with Gasteiger partial charge in [0.1, 0.15) is 5.82 Å². The van der Waals surface area contributed by atoms with Gasteiger partial charge in [-0.2, -0.15) is 0 Å². The summed E-state index contributed by atoms with van der Waals surface area (Å²) < 4.78 is 0. The van der Waals surface area contributed by atoms with Crippen molar-refractivity contribution in [2.45, 2.75) is 12.8 Å². The van der Waals surface area contributed by atoms with Crippen molar-refractivity contribution in [1.82, 2.24) is 4.98 Å². The van der Waals surface area contributed by atoms with Crippen molar-refractivity contribution < 1.29 is 0 Å². The van der Waals surface area contributed by atoms with Gasteiger partial charge >= 0.3 is 0 Å². The van der Waals surface area contributed by atoms with E-state index in [1.54, 1.807) is 0 Å². The first-order chi connectivity index (χ1) is 5.88. The summed E-state index contributed by atoms with van der Waals surface area (Å²) in [6.45, 7) is 2.48. The van der Waals surface area contributed by atoms with E-state index >= 15 is 0 Å². The molecule has 0 bridgehead atoms. The zero-order valence-electron chi connectivity index (χ0n) is 7.03. The highest BCUT2D eigenvalue weighted by Crippen LogP contribution is 2.53. The molecule has 1 aromatic rings. The van der Waals surface area contributed by atoms with Gasteiger partial charge < -0.3 is 4.90 Å². The van der Waals surface area contributed by atoms with Gasteiger partial charge in [-0.3, -0.25) is 0 Å². The highest BCUT2D eigenvalue weighted by atomic mass is 15.3. The Hall–Kier alpha value is -1.05. The number of hydrogen-bond donors (Lipinski definition) is 0. The van der Waals surface area contributed by atoms with Gasteiger partial charge in [0.15, 0.2) is 0 Å². The van der Waals surface area contributed by atoms with Gasteiger partial charge in [-0.15, -0.1) is 0 Å². The van der Waals surface area contributed by atoms with Gasteiger partial charge in [-0.05, 0) is 25.0 Å². The van der Waals surface area contributed by atoms with Gasteiger partial charge in [-0.25, -0.2) is 4.98 Å². The van der Waals surface area contributed by atoms with Crippen LogP contribution in [0, 0.1) is 5.41 Å². The fraction of sp³-hybridized carbons (Fsp3) is 0.500. The molecular formula is C10H12N2. The summed E-state index contributed by atoms with van der Waals surface area (Å²) in [6.07, 6.45) is 4.75. The van der Waals surface area contributed by atoms with E-state index in [9.17, 15) is 0 Å². The third kappa shape index (κ3) is 0.840. The van der Waals surface area contributed by atoms with Gasteiger partial charge in [0, 0.05) is 24.7 Å². The third-order valence-corrected chi connectivity index (χ3v) is 2.98. The van der Waals surface area contributed by atoms with Crippen molar-refractivity contribution in [3.8, 4) is 0 Å². The quantitative estimate of drug-likeness (QED) is 0.621. The average molecular weight is 160 g/mol. The van der Waals surface area contributed by atoms with Crippen molar-refractivity contribution >= 4 is 5.82 Å². The van der Waals surface area contributed by atoms with E-state index in [0.29, 0.717) is 0 Å². The first kappa shape index (κ1) is 6.46. The Morgan fingerprint density at radius 3 is 2.67 bits per heavy atom. The van der Waals surface area contributed by atoms with Gasteiger partial charge in [-0.1, -0.05) is 6.07 Å². The predicted octanol–water partition coefficient (Wildman–Crippen LogP) is 1.68. The van der Waals surface area contributed by atoms with Gasteiger partial charge in [0.05, 0.1) is 0 Å². The second kappa shape index (κ2) is 2.00. The zero-order valence-corrected chi connectivity index (χ0v) is 7.03. The normalized spacial score (nSPS) is 23.8. The Morgan fingerprint density at radius 1 is 1.25 bits per heavy atom. The van der Waals surface area contributed by atoms with Crippen LogP contribution in [0.2, 0.25) is 0 Å². The molecule has 0 amide bonds. The largest absolute Gasteiger partial charge is 0.355 e. The lowest BCUT2D eigenvalue weighted by molar-refractivity contribution is 0.384. The number of rotatable bonds is 1. The smallest absolute Gasteiger partial charge is 0.128 e. The van der Waals surface area contributed by atoms with E-state index in [4.69, 9.17) is 0 Å². The molecule has 2 aliphatic rings. The summed E-state index contributed by atoms with van der Waals surface area (Å²) in [5.74, 6) is 1.15. The lowest BCUT2D eigenvalue weighted by atomic mass is 9.97. The zero-order chi connectivity index (χ0) is 8.02. The predicted molar refractivity (Wildman–Crippen MR) is 48.1 cm³/mol. The molecule has 1 saturated carbocycles. The Balaban J connectivity index is 1.76. The lowest BCUT2D eigenvalue weighted by Crippen LogP contribution is -2.48. The molecule has 1 aliphatic carbocycles. The molecule has 0 N–H and O–H groups in total. The molecule has 0 radical (unpaired) electrons. The third-order valence-electron chi connectivity index (χ3n) is 2.98. The molecule has 1 saturated heterocycles. The Morgan fingerprint density at radius 2 is 2.08 bits per heavy atom. The van der Waals surface area contributed by atoms with Crippen molar-refractivity contribution in [3.05, 3.63) is 24.4 Å². The van der Waals surface area contributed by atoms with Crippen LogP contribution in [0.5, 0.6) is 0 Å². The van der Waals surface area contributed by atoms with Crippen molar-refractivity contribution in [3.63, 3.8) is 0 Å². The van der Waals surface area contributed by atoms with E-state index in [0.717, 1.165) is 11.2 Å². The Labute approximate surface area is 72.2 Å². The van der Waals surface area contributed by atoms with Crippen LogP contribution in [-0.4, -0.2) is 18.1 Å². The number of hydrogen-bond acceptors (Lipinski definition) is 2. The van der Waals surface area contributed by atoms with Crippen LogP contribution in [0.4, 0.5) is 5.82 Å². The molecule has 1 aromatic heterocycles. The van der Waals surface area contributed by atoms with Crippen LogP contribution in [-0.2, 0) is 0 Å². The van der Waals surface area contributed by atoms with Gasteiger partial charge in [0.25, 0.3) is 0 Å². The van der Waals surface area contributed by atoms with Crippen LogP contribution in [0.25, 0.3) is 0 Å². The molecular weight excluding hydrogens is 148 g/mol. The van der Waals surface area contributed by atoms with E-state index in [1.165, 1.54) is 25.9 Å². The molecule has 3 rings (SSSR count). The second-order valence-electron chi connectivity index (χ2n) is 4.04. The minimum Gasteiger partial charge on any atom is -0.355 e. The van der Waals surface area contributed by atoms with Crippen molar-refractivity contribution in [1.29, 1.82) is 0 Å². The molecule has 0 unspecified atom stereocenters. The minimum absolute atomic E-state index is 0.734. The minimum atomic E-state index is 0.734. The SMILES string of the molecule is c1ccc(N2CC3(CC3)C2)nc1. The molecule has 2 heterocycles. The van der Waals surface area contributed by atoms with Crippen LogP contribution in [0.1, 0.15) is 12.8 Å². The summed E-state index contributed by atoms with van der Waals surface area (Å²) in [7, 11) is 0. The summed E-state index contributed by atoms with van der Waals surface area (Å²) in [4.78, 5) is 6.69.